The highest BCUT2D eigenvalue weighted by Crippen LogP contribution is 2.35. The average Bonchev–Trinajstić information content (AvgIpc) is 3.16. The smallest absolute Gasteiger partial charge is 0.316 e. The zero-order chi connectivity index (χ0) is 17.1. The Hall–Kier alpha value is -2.45. The first kappa shape index (κ1) is 16.4. The summed E-state index contributed by atoms with van der Waals surface area (Å²) in [6.07, 6.45) is 0.854. The highest BCUT2D eigenvalue weighted by Gasteiger charge is 2.22. The van der Waals surface area contributed by atoms with E-state index in [-0.39, 0.29) is 17.8 Å². The van der Waals surface area contributed by atoms with Crippen molar-refractivity contribution in [2.75, 3.05) is 18.4 Å². The summed E-state index contributed by atoms with van der Waals surface area (Å²) in [6, 6.07) is 6.99. The van der Waals surface area contributed by atoms with Crippen molar-refractivity contribution in [1.82, 2.24) is 10.6 Å². The van der Waals surface area contributed by atoms with Gasteiger partial charge in [0.15, 0.2) is 0 Å². The predicted octanol–water partition coefficient (Wildman–Crippen LogP) is 2.14. The van der Waals surface area contributed by atoms with E-state index in [4.69, 9.17) is 5.73 Å². The molecule has 0 aliphatic carbocycles. The summed E-state index contributed by atoms with van der Waals surface area (Å²) >= 11 is 1.19. The minimum absolute atomic E-state index is 0.0543. The molecule has 1 aliphatic heterocycles. The fourth-order valence-electron chi connectivity index (χ4n) is 2.60. The van der Waals surface area contributed by atoms with Crippen molar-refractivity contribution in [2.24, 2.45) is 5.73 Å². The van der Waals surface area contributed by atoms with E-state index in [0.717, 1.165) is 13.0 Å². The normalized spacial score (nSPS) is 16.8. The Morgan fingerprint density at radius 1 is 1.33 bits per heavy atom. The molecule has 8 heteroatoms. The number of primary amides is 1. The minimum Gasteiger partial charge on any atom is -0.351 e. The average molecular weight is 348 g/mol. The summed E-state index contributed by atoms with van der Waals surface area (Å²) in [5.41, 5.74) is 6.14. The van der Waals surface area contributed by atoms with Crippen molar-refractivity contribution in [1.29, 1.82) is 0 Å². The molecule has 0 bridgehead atoms. The van der Waals surface area contributed by atoms with Gasteiger partial charge in [-0.05, 0) is 36.7 Å². The van der Waals surface area contributed by atoms with Gasteiger partial charge in [-0.15, -0.1) is 11.3 Å². The molecule has 126 valence electrons. The molecule has 1 aromatic heterocycles. The largest absolute Gasteiger partial charge is 0.351 e. The van der Waals surface area contributed by atoms with Crippen LogP contribution >= 0.6 is 11.3 Å². The quantitative estimate of drug-likeness (QED) is 0.681. The zero-order valence-corrected chi connectivity index (χ0v) is 13.6. The van der Waals surface area contributed by atoms with Crippen LogP contribution in [0.1, 0.15) is 16.1 Å². The summed E-state index contributed by atoms with van der Waals surface area (Å²) in [4.78, 5) is 24.7. The van der Waals surface area contributed by atoms with Gasteiger partial charge in [-0.3, -0.25) is 4.79 Å². The summed E-state index contributed by atoms with van der Waals surface area (Å²) in [5.74, 6) is -0.645. The molecule has 6 nitrogen and oxygen atoms in total. The zero-order valence-electron chi connectivity index (χ0n) is 12.8. The van der Waals surface area contributed by atoms with Crippen molar-refractivity contribution in [3.8, 4) is 10.4 Å². The number of rotatable bonds is 4. The molecule has 0 saturated carbocycles. The van der Waals surface area contributed by atoms with Gasteiger partial charge in [0.05, 0.1) is 5.69 Å². The molecule has 1 aliphatic rings. The molecule has 1 atom stereocenters. The molecule has 1 aromatic carbocycles. The van der Waals surface area contributed by atoms with E-state index < -0.39 is 6.03 Å². The standard InChI is InChI=1S/C16H17FN4O2S/c17-10-3-1-2-9(6-10)13-7-12(21-16(18)23)14(24-13)15(22)20-11-4-5-19-8-11/h1-3,6-7,11,19H,4-5,8H2,(H,20,22)(H3,18,21,23)/t11-/m1/s1. The van der Waals surface area contributed by atoms with Crippen molar-refractivity contribution in [3.63, 3.8) is 0 Å². The van der Waals surface area contributed by atoms with E-state index in [1.54, 1.807) is 18.2 Å². The Kier molecular flexibility index (Phi) is 4.77. The molecule has 24 heavy (non-hydrogen) atoms. The van der Waals surface area contributed by atoms with E-state index in [2.05, 4.69) is 16.0 Å². The first-order valence-corrected chi connectivity index (χ1v) is 8.32. The SMILES string of the molecule is NC(=O)Nc1cc(-c2cccc(F)c2)sc1C(=O)N[C@@H]1CCNC1. The van der Waals surface area contributed by atoms with Gasteiger partial charge in [-0.25, -0.2) is 9.18 Å². The lowest BCUT2D eigenvalue weighted by atomic mass is 10.2. The van der Waals surface area contributed by atoms with Gasteiger partial charge in [-0.1, -0.05) is 12.1 Å². The number of benzene rings is 1. The number of hydrogen-bond donors (Lipinski definition) is 4. The van der Waals surface area contributed by atoms with Crippen LogP contribution in [0.2, 0.25) is 0 Å². The second-order valence-corrected chi connectivity index (χ2v) is 6.57. The topological polar surface area (TPSA) is 96.2 Å². The molecule has 1 saturated heterocycles. The third-order valence-corrected chi connectivity index (χ3v) is 4.88. The minimum atomic E-state index is -0.754. The number of amides is 3. The Morgan fingerprint density at radius 3 is 2.83 bits per heavy atom. The Bertz CT molecular complexity index is 771. The second-order valence-electron chi connectivity index (χ2n) is 5.52. The van der Waals surface area contributed by atoms with Crippen LogP contribution < -0.4 is 21.7 Å². The molecule has 5 N–H and O–H groups in total. The van der Waals surface area contributed by atoms with Gasteiger partial charge in [0.25, 0.3) is 5.91 Å². The van der Waals surface area contributed by atoms with Gasteiger partial charge in [0.2, 0.25) is 0 Å². The lowest BCUT2D eigenvalue weighted by Crippen LogP contribution is -2.36. The van der Waals surface area contributed by atoms with Crippen LogP contribution in [-0.4, -0.2) is 31.1 Å². The number of thiophene rings is 1. The number of hydrogen-bond acceptors (Lipinski definition) is 4. The molecule has 2 aromatic rings. The third-order valence-electron chi connectivity index (χ3n) is 3.70. The van der Waals surface area contributed by atoms with Crippen molar-refractivity contribution < 1.29 is 14.0 Å². The Morgan fingerprint density at radius 2 is 2.17 bits per heavy atom. The maximum Gasteiger partial charge on any atom is 0.316 e. The van der Waals surface area contributed by atoms with E-state index in [9.17, 15) is 14.0 Å². The van der Waals surface area contributed by atoms with E-state index in [0.29, 0.717) is 27.5 Å². The molecule has 3 rings (SSSR count). The predicted molar refractivity (Wildman–Crippen MR) is 91.7 cm³/mol. The van der Waals surface area contributed by atoms with Crippen LogP contribution in [0.15, 0.2) is 30.3 Å². The Labute approximate surface area is 142 Å². The number of carbonyl (C=O) groups excluding carboxylic acids is 2. The molecular formula is C16H17FN4O2S. The lowest BCUT2D eigenvalue weighted by Gasteiger charge is -2.11. The van der Waals surface area contributed by atoms with Crippen molar-refractivity contribution in [2.45, 2.75) is 12.5 Å². The van der Waals surface area contributed by atoms with Gasteiger partial charge in [0.1, 0.15) is 10.7 Å². The second kappa shape index (κ2) is 6.98. The summed E-state index contributed by atoms with van der Waals surface area (Å²) in [6.45, 7) is 1.57. The van der Waals surface area contributed by atoms with Crippen LogP contribution in [-0.2, 0) is 0 Å². The molecule has 3 amide bonds. The summed E-state index contributed by atoms with van der Waals surface area (Å²) in [5, 5.41) is 8.56. The van der Waals surface area contributed by atoms with Crippen LogP contribution in [0.4, 0.5) is 14.9 Å². The number of halogens is 1. The maximum absolute atomic E-state index is 13.4. The van der Waals surface area contributed by atoms with E-state index in [1.165, 1.54) is 23.5 Å². The van der Waals surface area contributed by atoms with Gasteiger partial charge in [-0.2, -0.15) is 0 Å². The van der Waals surface area contributed by atoms with Crippen LogP contribution in [0.3, 0.4) is 0 Å². The monoisotopic (exact) mass is 348 g/mol. The highest BCUT2D eigenvalue weighted by molar-refractivity contribution is 7.18. The fourth-order valence-corrected chi connectivity index (χ4v) is 3.61. The van der Waals surface area contributed by atoms with Crippen molar-refractivity contribution >= 4 is 29.0 Å². The molecule has 1 fully saturated rings. The molecule has 0 radical (unpaired) electrons. The van der Waals surface area contributed by atoms with Crippen LogP contribution in [0.25, 0.3) is 10.4 Å². The number of nitrogens with one attached hydrogen (secondary N) is 3. The lowest BCUT2D eigenvalue weighted by molar-refractivity contribution is 0.0945. The highest BCUT2D eigenvalue weighted by atomic mass is 32.1. The van der Waals surface area contributed by atoms with Crippen molar-refractivity contribution in [3.05, 3.63) is 41.0 Å². The molecule has 2 heterocycles. The number of anilines is 1. The van der Waals surface area contributed by atoms with Gasteiger partial charge in [0, 0.05) is 17.5 Å². The summed E-state index contributed by atoms with van der Waals surface area (Å²) < 4.78 is 13.4. The summed E-state index contributed by atoms with van der Waals surface area (Å²) in [7, 11) is 0. The van der Waals surface area contributed by atoms with E-state index >= 15 is 0 Å². The van der Waals surface area contributed by atoms with Gasteiger partial charge < -0.3 is 21.7 Å². The number of urea groups is 1. The number of carbonyl (C=O) groups is 2. The number of nitrogens with two attached hydrogens (primary N) is 1. The Balaban J connectivity index is 1.90. The van der Waals surface area contributed by atoms with Crippen LogP contribution in [0, 0.1) is 5.82 Å². The molecule has 0 spiro atoms. The first-order chi connectivity index (χ1) is 11.5. The van der Waals surface area contributed by atoms with Gasteiger partial charge >= 0.3 is 6.03 Å². The molecular weight excluding hydrogens is 331 g/mol. The van der Waals surface area contributed by atoms with E-state index in [1.807, 2.05) is 0 Å². The third kappa shape index (κ3) is 3.72. The van der Waals surface area contributed by atoms with Crippen LogP contribution in [0.5, 0.6) is 0 Å². The fraction of sp³-hybridized carbons (Fsp3) is 0.250. The maximum atomic E-state index is 13.4. The first-order valence-electron chi connectivity index (χ1n) is 7.51. The molecule has 0 unspecified atom stereocenters.